The number of alkyl halides is 1. The summed E-state index contributed by atoms with van der Waals surface area (Å²) >= 11 is 12.2. The number of aryl methyl sites for hydroxylation is 2. The van der Waals surface area contributed by atoms with Gasteiger partial charge in [0.15, 0.2) is 0 Å². The average molecular weight is 1570 g/mol. The third kappa shape index (κ3) is 25.6. The van der Waals surface area contributed by atoms with Crippen molar-refractivity contribution in [3.8, 4) is 11.5 Å². The van der Waals surface area contributed by atoms with Gasteiger partial charge in [-0.2, -0.15) is 15.0 Å². The van der Waals surface area contributed by atoms with E-state index in [1.807, 2.05) is 178 Å². The topological polar surface area (TPSA) is 336 Å². The number of fused-ring (bicyclic) bond motifs is 3. The first kappa shape index (κ1) is 85.1. The van der Waals surface area contributed by atoms with Crippen LogP contribution in [0.25, 0.3) is 33.1 Å². The van der Waals surface area contributed by atoms with E-state index in [0.29, 0.717) is 77.8 Å². The van der Waals surface area contributed by atoms with E-state index in [-0.39, 0.29) is 40.8 Å². The molecule has 0 radical (unpaired) electrons. The summed E-state index contributed by atoms with van der Waals surface area (Å²) in [6, 6.07) is 49.9. The Morgan fingerprint density at radius 2 is 0.956 bits per heavy atom. The Bertz CT molecular complexity index is 5210. The first-order chi connectivity index (χ1) is 54.9. The highest BCUT2D eigenvalue weighted by molar-refractivity contribution is 6.34. The van der Waals surface area contributed by atoms with Crippen LogP contribution >= 0.6 is 23.2 Å². The molecule has 12 N–H and O–H groups in total. The largest absolute Gasteiger partial charge is 0.496 e. The van der Waals surface area contributed by atoms with Crippen molar-refractivity contribution in [2.75, 3.05) is 47.0 Å². The van der Waals surface area contributed by atoms with E-state index in [1.54, 1.807) is 26.6 Å². The lowest BCUT2D eigenvalue weighted by Gasteiger charge is -2.22. The molecule has 0 saturated heterocycles. The second-order valence-corrected chi connectivity index (χ2v) is 28.0. The molecule has 5 aromatic carbocycles. The van der Waals surface area contributed by atoms with E-state index in [4.69, 9.17) is 44.1 Å². The Morgan fingerprint density at radius 3 is 1.42 bits per heavy atom. The Hall–Kier alpha value is -11.9. The van der Waals surface area contributed by atoms with Crippen LogP contribution in [0.1, 0.15) is 152 Å². The Morgan fingerprint density at radius 1 is 0.522 bits per heavy atom. The third-order valence-electron chi connectivity index (χ3n) is 18.7. The number of nitrogens with one attached hydrogen (secondary N) is 8. The zero-order valence-electron chi connectivity index (χ0n) is 65.7. The lowest BCUT2D eigenvalue weighted by Crippen LogP contribution is -2.23. The molecule has 24 nitrogen and oxygen atoms in total. The number of hydrogen-bond acceptors (Lipinski definition) is 17. The van der Waals surface area contributed by atoms with Gasteiger partial charge in [-0.1, -0.05) is 192 Å². The summed E-state index contributed by atoms with van der Waals surface area (Å²) < 4.78 is 12.8. The summed E-state index contributed by atoms with van der Waals surface area (Å²) in [7, 11) is 3.33. The van der Waals surface area contributed by atoms with E-state index < -0.39 is 0 Å². The fourth-order valence-corrected chi connectivity index (χ4v) is 13.5. The summed E-state index contributed by atoms with van der Waals surface area (Å²) in [5.74, 6) is 2.41. The number of nitrogen functional groups attached to an aromatic ring is 2. The second kappa shape index (κ2) is 44.3. The van der Waals surface area contributed by atoms with Crippen molar-refractivity contribution in [3.05, 3.63) is 270 Å². The standard InChI is InChI=1S/C29H35N5O2.C22H23ClN6O.C21H27N5O2.C9H12ClNO.C6H7N/c1-2-3-4-5-12-17-25(35)31-29-32-27-26(28(36)33-29)24(18-30-27)21-34(19-22-13-8-6-9-14-22)20-23-15-10-7-11-16-23;1-13-9-26-17(14(2)19(13)30-3)12-29-11-15(10-25-16-7-5-4-6-8-16)18-20(23)27-22(24)28-21(18)29;1-2-3-4-5-9-12-17(27)24-21-25-19-18(20(28)26-21)15(14-23-19)13-22-16-10-7-6-8-11-16;1-6-5-11-8(4-10)7(2)9(6)12-3;7-6-4-2-1-3-5-6/h6-11,13-16,18H,2-5,12,17,19-21H2,1H3,(H3,30,31,32,33,35,36);4-9,11,25H,10,12H2,1-3H3,(H2,24,27,28);6-8,10-11,14,22H,2-5,9,12-13H2,1H3,(H3,23,24,25,26,27,28);5H,4H2,1-3H3;1-5H,7H2. The van der Waals surface area contributed by atoms with Crippen LogP contribution in [0.2, 0.25) is 5.15 Å². The number of para-hydroxylation sites is 3. The van der Waals surface area contributed by atoms with Gasteiger partial charge in [-0.05, 0) is 93.6 Å². The molecule has 0 saturated carbocycles. The van der Waals surface area contributed by atoms with Crippen LogP contribution in [0, 0.1) is 27.7 Å². The van der Waals surface area contributed by atoms with Crippen molar-refractivity contribution < 1.29 is 19.1 Å². The number of methoxy groups -OCH3 is 2. The van der Waals surface area contributed by atoms with Crippen molar-refractivity contribution in [3.63, 3.8) is 0 Å². The number of rotatable bonds is 31. The van der Waals surface area contributed by atoms with Crippen LogP contribution in [0.4, 0.5) is 34.9 Å². The molecule has 2 amide bonds. The maximum atomic E-state index is 13.0. The highest BCUT2D eigenvalue weighted by Gasteiger charge is 2.21. The van der Waals surface area contributed by atoms with Gasteiger partial charge in [0, 0.05) is 127 Å². The summed E-state index contributed by atoms with van der Waals surface area (Å²) in [6.45, 7) is 15.9. The molecule has 8 heterocycles. The van der Waals surface area contributed by atoms with Crippen LogP contribution in [0.5, 0.6) is 11.5 Å². The van der Waals surface area contributed by atoms with Crippen LogP contribution in [0.3, 0.4) is 0 Å². The molecule has 592 valence electrons. The van der Waals surface area contributed by atoms with Gasteiger partial charge in [0.25, 0.3) is 11.1 Å². The number of carbonyl (C=O) groups excluding carboxylic acids is 2. The number of pyridine rings is 2. The molecule has 0 fully saturated rings. The molecular formula is C87H104Cl2N18O6. The van der Waals surface area contributed by atoms with Gasteiger partial charge in [0.1, 0.15) is 33.6 Å². The second-order valence-electron chi connectivity index (χ2n) is 27.4. The van der Waals surface area contributed by atoms with E-state index in [9.17, 15) is 19.2 Å². The van der Waals surface area contributed by atoms with Gasteiger partial charge in [0.2, 0.25) is 29.7 Å². The molecule has 113 heavy (non-hydrogen) atoms. The van der Waals surface area contributed by atoms with Gasteiger partial charge in [-0.15, -0.1) is 11.6 Å². The molecule has 0 bridgehead atoms. The monoisotopic (exact) mass is 1570 g/mol. The van der Waals surface area contributed by atoms with Gasteiger partial charge in [0.05, 0.1) is 54.2 Å². The van der Waals surface area contributed by atoms with E-state index >= 15 is 0 Å². The first-order valence-corrected chi connectivity index (χ1v) is 39.1. The Labute approximate surface area is 669 Å². The highest BCUT2D eigenvalue weighted by atomic mass is 35.5. The number of unbranched alkanes of at least 4 members (excludes halogenated alkanes) is 8. The summed E-state index contributed by atoms with van der Waals surface area (Å²) in [6.07, 6.45) is 20.9. The molecule has 0 atom stereocenters. The first-order valence-electron chi connectivity index (χ1n) is 38.2. The molecule has 0 aliphatic carbocycles. The quantitative estimate of drug-likeness (QED) is 0.00835. The minimum atomic E-state index is -0.269. The predicted molar refractivity (Wildman–Crippen MR) is 458 cm³/mol. The fourth-order valence-electron chi connectivity index (χ4n) is 12.9. The Balaban J connectivity index is 0.000000174. The minimum absolute atomic E-state index is 0.127. The molecule has 13 rings (SSSR count). The predicted octanol–water partition coefficient (Wildman–Crippen LogP) is 18.0. The van der Waals surface area contributed by atoms with E-state index in [2.05, 4.69) is 114 Å². The smallest absolute Gasteiger partial charge is 0.262 e. The number of aromatic amines is 4. The normalized spacial score (nSPS) is 10.8. The summed E-state index contributed by atoms with van der Waals surface area (Å²) in [5.41, 5.74) is 26.1. The number of H-pyrrole nitrogens is 4. The maximum Gasteiger partial charge on any atom is 0.262 e. The van der Waals surface area contributed by atoms with E-state index in [1.165, 1.54) is 36.8 Å². The number of hydrogen-bond donors (Lipinski definition) is 10. The van der Waals surface area contributed by atoms with Crippen molar-refractivity contribution in [2.45, 2.75) is 164 Å². The number of amides is 2. The zero-order chi connectivity index (χ0) is 80.4. The van der Waals surface area contributed by atoms with Gasteiger partial charge < -0.3 is 46.1 Å². The SMILES string of the molecule is CCCCCCCC(=O)Nc1nc2[nH]cc(CN(Cc3ccccc3)Cc3ccccc3)c2c(=O)[nH]1.CCCCCCCC(=O)Nc1nc2[nH]cc(CNc3ccccc3)c2c(=O)[nH]1.COc1c(C)cnc(CCl)c1C.COc1c(C)cnc(Cn2cc(CNc3ccccc3)c3c(Cl)nc(N)nc32)c1C.Nc1ccccc1. The molecule has 0 spiro atoms. The van der Waals surface area contributed by atoms with E-state index in [0.717, 1.165) is 136 Å². The third-order valence-corrected chi connectivity index (χ3v) is 19.2. The van der Waals surface area contributed by atoms with Crippen LogP contribution in [-0.4, -0.2) is 85.3 Å². The maximum absolute atomic E-state index is 13.0. The van der Waals surface area contributed by atoms with Crippen molar-refractivity contribution >= 4 is 103 Å². The summed E-state index contributed by atoms with van der Waals surface area (Å²) in [5, 5.41) is 14.3. The fraction of sp³-hybridized carbons (Fsp3) is 0.310. The number of carbonyl (C=O) groups is 2. The van der Waals surface area contributed by atoms with Crippen molar-refractivity contribution in [1.82, 2.24) is 59.3 Å². The molecule has 8 aromatic heterocycles. The Kier molecular flexibility index (Phi) is 33.3. The molecule has 13 aromatic rings. The lowest BCUT2D eigenvalue weighted by atomic mass is 10.1. The van der Waals surface area contributed by atoms with Crippen LogP contribution < -0.4 is 53.3 Å². The molecule has 26 heteroatoms. The van der Waals surface area contributed by atoms with Crippen LogP contribution in [-0.2, 0) is 54.7 Å². The number of aromatic nitrogens is 11. The van der Waals surface area contributed by atoms with Crippen molar-refractivity contribution in [2.24, 2.45) is 0 Å². The average Bonchev–Trinajstić information content (AvgIpc) is 1.74. The number of ether oxygens (including phenoxy) is 2. The summed E-state index contributed by atoms with van der Waals surface area (Å²) in [4.78, 5) is 90.0. The molecule has 0 aliphatic heterocycles. The number of anilines is 6. The number of nitrogens with zero attached hydrogens (tertiary/aromatic N) is 8. The van der Waals surface area contributed by atoms with Crippen LogP contribution in [0.15, 0.2) is 192 Å². The lowest BCUT2D eigenvalue weighted by molar-refractivity contribution is -0.117. The molecular weight excluding hydrogens is 1460 g/mol. The van der Waals surface area contributed by atoms with Gasteiger partial charge in [-0.3, -0.25) is 54.6 Å². The number of halogens is 2. The van der Waals surface area contributed by atoms with Crippen molar-refractivity contribution in [1.29, 1.82) is 0 Å². The number of benzene rings is 5. The number of nitrogens with two attached hydrogens (primary N) is 2. The van der Waals surface area contributed by atoms with Gasteiger partial charge in [-0.25, -0.2) is 4.98 Å². The highest BCUT2D eigenvalue weighted by Crippen LogP contribution is 2.32. The minimum Gasteiger partial charge on any atom is -0.496 e. The molecule has 0 aliphatic rings. The van der Waals surface area contributed by atoms with Gasteiger partial charge >= 0.3 is 0 Å². The molecule has 0 unspecified atom stereocenters. The zero-order valence-corrected chi connectivity index (χ0v) is 67.2.